The minimum atomic E-state index is -0.0385. The Morgan fingerprint density at radius 2 is 2.00 bits per heavy atom. The first-order valence-corrected chi connectivity index (χ1v) is 7.22. The van der Waals surface area contributed by atoms with Gasteiger partial charge in [0.25, 0.3) is 0 Å². The highest BCUT2D eigenvalue weighted by molar-refractivity contribution is 9.10. The van der Waals surface area contributed by atoms with Crippen molar-refractivity contribution in [1.82, 2.24) is 0 Å². The first kappa shape index (κ1) is 11.1. The average Bonchev–Trinajstić information content (AvgIpc) is 2.25. The molecule has 0 bridgehead atoms. The molecule has 0 atom stereocenters. The Labute approximate surface area is 115 Å². The maximum absolute atomic E-state index is 6.38. The fourth-order valence-electron chi connectivity index (χ4n) is 3.49. The van der Waals surface area contributed by atoms with Crippen LogP contribution in [-0.2, 0) is 4.74 Å². The third-order valence-corrected chi connectivity index (χ3v) is 5.37. The number of hydrogen-bond acceptors (Lipinski definition) is 2. The van der Waals surface area contributed by atoms with Crippen molar-refractivity contribution in [3.8, 4) is 5.75 Å². The molecule has 1 aromatic rings. The molecule has 1 saturated heterocycles. The summed E-state index contributed by atoms with van der Waals surface area (Å²) >= 11 is 3.53. The van der Waals surface area contributed by atoms with Gasteiger partial charge in [0.1, 0.15) is 11.4 Å². The molecule has 2 aliphatic heterocycles. The molecule has 0 amide bonds. The van der Waals surface area contributed by atoms with Crippen LogP contribution in [0.3, 0.4) is 0 Å². The lowest BCUT2D eigenvalue weighted by molar-refractivity contribution is -0.209. The van der Waals surface area contributed by atoms with Crippen LogP contribution in [0, 0.1) is 5.41 Å². The second-order valence-electron chi connectivity index (χ2n) is 5.64. The molecule has 0 radical (unpaired) electrons. The molecule has 4 rings (SSSR count). The molecule has 0 N–H and O–H groups in total. The van der Waals surface area contributed by atoms with Gasteiger partial charge in [0.05, 0.1) is 18.6 Å². The number of fused-ring (bicyclic) bond motifs is 2. The van der Waals surface area contributed by atoms with Gasteiger partial charge in [-0.1, -0.05) is 22.5 Å². The normalized spacial score (nSPS) is 26.2. The van der Waals surface area contributed by atoms with Crippen molar-refractivity contribution < 1.29 is 9.47 Å². The van der Waals surface area contributed by atoms with Gasteiger partial charge >= 0.3 is 0 Å². The van der Waals surface area contributed by atoms with Crippen LogP contribution in [0.5, 0.6) is 5.75 Å². The minimum absolute atomic E-state index is 0.0268. The van der Waals surface area contributed by atoms with Gasteiger partial charge in [-0.25, -0.2) is 0 Å². The zero-order valence-corrected chi connectivity index (χ0v) is 11.8. The SMILES string of the molecule is C=C1c2cc(Br)ccc2OC2(CCC2)C12COC2. The Bertz CT molecular complexity index is 541. The zero-order chi connectivity index (χ0) is 12.4. The highest BCUT2D eigenvalue weighted by Crippen LogP contribution is 2.62. The van der Waals surface area contributed by atoms with Gasteiger partial charge in [0.15, 0.2) is 0 Å². The number of halogens is 1. The van der Waals surface area contributed by atoms with Crippen LogP contribution < -0.4 is 4.74 Å². The first-order valence-electron chi connectivity index (χ1n) is 6.43. The van der Waals surface area contributed by atoms with Crippen molar-refractivity contribution >= 4 is 21.5 Å². The van der Waals surface area contributed by atoms with Gasteiger partial charge in [0, 0.05) is 10.0 Å². The Morgan fingerprint density at radius 1 is 1.22 bits per heavy atom. The van der Waals surface area contributed by atoms with Gasteiger partial charge in [-0.05, 0) is 43.0 Å². The lowest BCUT2D eigenvalue weighted by atomic mass is 9.55. The quantitative estimate of drug-likeness (QED) is 0.726. The summed E-state index contributed by atoms with van der Waals surface area (Å²) < 4.78 is 13.0. The molecular formula is C15H15BrO2. The van der Waals surface area contributed by atoms with E-state index in [-0.39, 0.29) is 11.0 Å². The number of hydrogen-bond donors (Lipinski definition) is 0. The molecule has 2 nitrogen and oxygen atoms in total. The van der Waals surface area contributed by atoms with Crippen molar-refractivity contribution in [3.05, 3.63) is 34.8 Å². The van der Waals surface area contributed by atoms with Crippen LogP contribution in [0.1, 0.15) is 24.8 Å². The molecule has 2 fully saturated rings. The molecule has 2 spiro atoms. The van der Waals surface area contributed by atoms with E-state index < -0.39 is 0 Å². The van der Waals surface area contributed by atoms with Crippen LogP contribution in [-0.4, -0.2) is 18.8 Å². The van der Waals surface area contributed by atoms with Crippen molar-refractivity contribution in [2.24, 2.45) is 5.41 Å². The predicted molar refractivity (Wildman–Crippen MR) is 73.6 cm³/mol. The van der Waals surface area contributed by atoms with Crippen molar-refractivity contribution in [2.75, 3.05) is 13.2 Å². The van der Waals surface area contributed by atoms with Gasteiger partial charge < -0.3 is 9.47 Å². The Morgan fingerprint density at radius 3 is 2.56 bits per heavy atom. The third kappa shape index (κ3) is 1.12. The van der Waals surface area contributed by atoms with E-state index in [4.69, 9.17) is 9.47 Å². The highest BCUT2D eigenvalue weighted by atomic mass is 79.9. The fraction of sp³-hybridized carbons (Fsp3) is 0.467. The molecular weight excluding hydrogens is 292 g/mol. The largest absolute Gasteiger partial charge is 0.486 e. The topological polar surface area (TPSA) is 18.5 Å². The Balaban J connectivity index is 1.89. The van der Waals surface area contributed by atoms with Crippen LogP contribution >= 0.6 is 15.9 Å². The van der Waals surface area contributed by atoms with E-state index in [1.807, 2.05) is 6.07 Å². The molecule has 3 heteroatoms. The lowest BCUT2D eigenvalue weighted by Gasteiger charge is -2.62. The van der Waals surface area contributed by atoms with Crippen LogP contribution in [0.4, 0.5) is 0 Å². The summed E-state index contributed by atoms with van der Waals surface area (Å²) in [7, 11) is 0. The minimum Gasteiger partial charge on any atom is -0.486 e. The van der Waals surface area contributed by atoms with Gasteiger partial charge in [0.2, 0.25) is 0 Å². The second-order valence-corrected chi connectivity index (χ2v) is 6.56. The lowest BCUT2D eigenvalue weighted by Crippen LogP contribution is -2.67. The monoisotopic (exact) mass is 306 g/mol. The highest BCUT2D eigenvalue weighted by Gasteiger charge is 2.64. The van der Waals surface area contributed by atoms with E-state index in [0.29, 0.717) is 0 Å². The predicted octanol–water partition coefficient (Wildman–Crippen LogP) is 3.79. The van der Waals surface area contributed by atoms with Gasteiger partial charge in [-0.3, -0.25) is 0 Å². The van der Waals surface area contributed by atoms with Gasteiger partial charge in [-0.15, -0.1) is 0 Å². The van der Waals surface area contributed by atoms with Crippen molar-refractivity contribution in [3.63, 3.8) is 0 Å². The molecule has 1 saturated carbocycles. The van der Waals surface area contributed by atoms with Crippen molar-refractivity contribution in [1.29, 1.82) is 0 Å². The maximum Gasteiger partial charge on any atom is 0.127 e. The van der Waals surface area contributed by atoms with Crippen LogP contribution in [0.15, 0.2) is 29.3 Å². The summed E-state index contributed by atoms with van der Waals surface area (Å²) in [6.45, 7) is 5.89. The molecule has 2 heterocycles. The Hall–Kier alpha value is -0.800. The summed E-state index contributed by atoms with van der Waals surface area (Å²) in [6.07, 6.45) is 3.51. The summed E-state index contributed by atoms with van der Waals surface area (Å²) in [6, 6.07) is 6.20. The van der Waals surface area contributed by atoms with E-state index >= 15 is 0 Å². The van der Waals surface area contributed by atoms with E-state index in [0.717, 1.165) is 41.8 Å². The number of rotatable bonds is 0. The molecule has 0 aromatic heterocycles. The molecule has 1 aliphatic carbocycles. The maximum atomic E-state index is 6.38. The number of benzene rings is 1. The standard InChI is InChI=1S/C15H15BrO2/c1-10-12-7-11(16)3-4-13(12)18-15(5-2-6-15)14(10)8-17-9-14/h3-4,7H,1-2,5-6,8-9H2. The molecule has 1 aromatic carbocycles. The smallest absolute Gasteiger partial charge is 0.127 e. The van der Waals surface area contributed by atoms with Gasteiger partial charge in [-0.2, -0.15) is 0 Å². The second kappa shape index (κ2) is 3.40. The van der Waals surface area contributed by atoms with E-state index in [1.165, 1.54) is 12.0 Å². The molecule has 18 heavy (non-hydrogen) atoms. The fourth-order valence-corrected chi connectivity index (χ4v) is 3.85. The summed E-state index contributed by atoms with van der Waals surface area (Å²) in [5.41, 5.74) is 2.34. The van der Waals surface area contributed by atoms with E-state index in [1.54, 1.807) is 0 Å². The first-order chi connectivity index (χ1) is 8.67. The molecule has 0 unspecified atom stereocenters. The van der Waals surface area contributed by atoms with Crippen LogP contribution in [0.2, 0.25) is 0 Å². The summed E-state index contributed by atoms with van der Waals surface area (Å²) in [5.74, 6) is 0.987. The number of ether oxygens (including phenoxy) is 2. The van der Waals surface area contributed by atoms with Crippen LogP contribution in [0.25, 0.3) is 5.57 Å². The zero-order valence-electron chi connectivity index (χ0n) is 10.2. The molecule has 94 valence electrons. The summed E-state index contributed by atoms with van der Waals surface area (Å²) in [5, 5.41) is 0. The van der Waals surface area contributed by atoms with Crippen molar-refractivity contribution in [2.45, 2.75) is 24.9 Å². The Kier molecular flexibility index (Phi) is 2.09. The van der Waals surface area contributed by atoms with E-state index in [2.05, 4.69) is 34.6 Å². The summed E-state index contributed by atoms with van der Waals surface area (Å²) in [4.78, 5) is 0. The molecule has 3 aliphatic rings. The van der Waals surface area contributed by atoms with E-state index in [9.17, 15) is 0 Å². The third-order valence-electron chi connectivity index (χ3n) is 4.88. The average molecular weight is 307 g/mol.